The van der Waals surface area contributed by atoms with Crippen molar-refractivity contribution in [2.75, 3.05) is 13.2 Å². The zero-order chi connectivity index (χ0) is 16.2. The molecule has 23 heavy (non-hydrogen) atoms. The Bertz CT molecular complexity index is 709. The Morgan fingerprint density at radius 3 is 2.74 bits per heavy atom. The van der Waals surface area contributed by atoms with Gasteiger partial charge in [-0.25, -0.2) is 0 Å². The molecule has 6 heteroatoms. The fraction of sp³-hybridized carbons (Fsp3) is 0.294. The first kappa shape index (κ1) is 15.6. The molecule has 0 saturated carbocycles. The molecule has 0 radical (unpaired) electrons. The van der Waals surface area contributed by atoms with Crippen LogP contribution in [-0.4, -0.2) is 29.9 Å². The Labute approximate surface area is 138 Å². The van der Waals surface area contributed by atoms with Gasteiger partial charge in [0, 0.05) is 18.0 Å². The predicted octanol–water partition coefficient (Wildman–Crippen LogP) is 1.74. The van der Waals surface area contributed by atoms with Gasteiger partial charge >= 0.3 is 0 Å². The van der Waals surface area contributed by atoms with Gasteiger partial charge in [0.05, 0.1) is 6.42 Å². The van der Waals surface area contributed by atoms with Crippen molar-refractivity contribution in [3.8, 4) is 5.75 Å². The highest BCUT2D eigenvalue weighted by molar-refractivity contribution is 7.10. The third kappa shape index (κ3) is 3.90. The maximum Gasteiger partial charge on any atom is 0.260 e. The highest BCUT2D eigenvalue weighted by Crippen LogP contribution is 2.24. The van der Waals surface area contributed by atoms with E-state index in [4.69, 9.17) is 10.5 Å². The largest absolute Gasteiger partial charge is 0.484 e. The van der Waals surface area contributed by atoms with Gasteiger partial charge in [-0.3, -0.25) is 9.59 Å². The molecule has 0 aliphatic carbocycles. The highest BCUT2D eigenvalue weighted by atomic mass is 32.1. The molecular weight excluding hydrogens is 312 g/mol. The summed E-state index contributed by atoms with van der Waals surface area (Å²) in [5, 5.41) is 2.07. The van der Waals surface area contributed by atoms with Gasteiger partial charge in [0.2, 0.25) is 5.91 Å². The molecule has 2 N–H and O–H groups in total. The quantitative estimate of drug-likeness (QED) is 0.907. The summed E-state index contributed by atoms with van der Waals surface area (Å²) in [6, 6.07) is 9.14. The van der Waals surface area contributed by atoms with E-state index in [1.165, 1.54) is 10.4 Å². The lowest BCUT2D eigenvalue weighted by molar-refractivity contribution is -0.134. The first-order chi connectivity index (χ1) is 11.1. The zero-order valence-electron chi connectivity index (χ0n) is 12.7. The summed E-state index contributed by atoms with van der Waals surface area (Å²) in [5.74, 6) is 0.231. The third-order valence-electron chi connectivity index (χ3n) is 3.82. The van der Waals surface area contributed by atoms with Crippen LogP contribution in [0.2, 0.25) is 0 Å². The summed E-state index contributed by atoms with van der Waals surface area (Å²) in [4.78, 5) is 26.3. The van der Waals surface area contributed by atoms with Crippen molar-refractivity contribution in [1.29, 1.82) is 0 Å². The minimum atomic E-state index is -0.369. The summed E-state index contributed by atoms with van der Waals surface area (Å²) in [6.45, 7) is 1.43. The number of fused-ring (bicyclic) bond motifs is 1. The highest BCUT2D eigenvalue weighted by Gasteiger charge is 2.21. The number of thiophene rings is 1. The number of hydrogen-bond donors (Lipinski definition) is 1. The van der Waals surface area contributed by atoms with Gasteiger partial charge in [-0.15, -0.1) is 11.3 Å². The SMILES string of the molecule is NC(=O)Cc1ccc(OCC(=O)N2CCc3sccc3C2)cc1. The Kier molecular flexibility index (Phi) is 4.62. The summed E-state index contributed by atoms with van der Waals surface area (Å²) < 4.78 is 5.55. The van der Waals surface area contributed by atoms with Crippen LogP contribution < -0.4 is 10.5 Å². The second kappa shape index (κ2) is 6.83. The van der Waals surface area contributed by atoms with E-state index in [0.717, 1.165) is 18.5 Å². The second-order valence-corrected chi connectivity index (χ2v) is 6.51. The van der Waals surface area contributed by atoms with E-state index in [0.29, 0.717) is 12.3 Å². The molecule has 0 fully saturated rings. The van der Waals surface area contributed by atoms with Crippen LogP contribution in [0, 0.1) is 0 Å². The van der Waals surface area contributed by atoms with Crippen molar-refractivity contribution in [2.45, 2.75) is 19.4 Å². The van der Waals surface area contributed by atoms with Crippen molar-refractivity contribution in [1.82, 2.24) is 4.90 Å². The number of hydrogen-bond acceptors (Lipinski definition) is 4. The van der Waals surface area contributed by atoms with E-state index < -0.39 is 0 Å². The number of primary amides is 1. The van der Waals surface area contributed by atoms with Crippen LogP contribution >= 0.6 is 11.3 Å². The molecule has 2 heterocycles. The van der Waals surface area contributed by atoms with Crippen LogP contribution in [0.5, 0.6) is 5.75 Å². The summed E-state index contributed by atoms with van der Waals surface area (Å²) in [7, 11) is 0. The van der Waals surface area contributed by atoms with Crippen LogP contribution in [0.25, 0.3) is 0 Å². The van der Waals surface area contributed by atoms with Gasteiger partial charge < -0.3 is 15.4 Å². The molecule has 2 amide bonds. The van der Waals surface area contributed by atoms with Gasteiger partial charge in [0.25, 0.3) is 5.91 Å². The molecule has 2 aromatic rings. The van der Waals surface area contributed by atoms with Crippen LogP contribution in [-0.2, 0) is 29.0 Å². The summed E-state index contributed by atoms with van der Waals surface area (Å²) in [5.41, 5.74) is 7.22. The number of carbonyl (C=O) groups excluding carboxylic acids is 2. The van der Waals surface area contributed by atoms with Crippen LogP contribution in [0.4, 0.5) is 0 Å². The van der Waals surface area contributed by atoms with Gasteiger partial charge in [0.15, 0.2) is 6.61 Å². The molecule has 1 aliphatic heterocycles. The minimum Gasteiger partial charge on any atom is -0.484 e. The molecule has 5 nitrogen and oxygen atoms in total. The van der Waals surface area contributed by atoms with Crippen molar-refractivity contribution < 1.29 is 14.3 Å². The van der Waals surface area contributed by atoms with Gasteiger partial charge in [-0.1, -0.05) is 12.1 Å². The molecule has 120 valence electrons. The van der Waals surface area contributed by atoms with Crippen molar-refractivity contribution >= 4 is 23.2 Å². The first-order valence-corrected chi connectivity index (χ1v) is 8.33. The average Bonchev–Trinajstić information content (AvgIpc) is 3.01. The Hall–Kier alpha value is -2.34. The lowest BCUT2D eigenvalue weighted by atomic mass is 10.1. The molecule has 1 aliphatic rings. The number of carbonyl (C=O) groups is 2. The minimum absolute atomic E-state index is 0.0111. The molecule has 3 rings (SSSR count). The van der Waals surface area contributed by atoms with E-state index in [1.54, 1.807) is 35.6 Å². The number of nitrogens with two attached hydrogens (primary N) is 1. The lowest BCUT2D eigenvalue weighted by Gasteiger charge is -2.27. The second-order valence-electron chi connectivity index (χ2n) is 5.51. The number of amides is 2. The van der Waals surface area contributed by atoms with E-state index >= 15 is 0 Å². The lowest BCUT2D eigenvalue weighted by Crippen LogP contribution is -2.38. The monoisotopic (exact) mass is 330 g/mol. The topological polar surface area (TPSA) is 72.6 Å². The Morgan fingerprint density at radius 1 is 1.22 bits per heavy atom. The van der Waals surface area contributed by atoms with E-state index in [-0.39, 0.29) is 24.8 Å². The number of ether oxygens (including phenoxy) is 1. The smallest absolute Gasteiger partial charge is 0.260 e. The Balaban J connectivity index is 1.52. The molecule has 1 aromatic heterocycles. The molecule has 0 spiro atoms. The maximum atomic E-state index is 12.3. The van der Waals surface area contributed by atoms with Crippen molar-refractivity contribution in [2.24, 2.45) is 5.73 Å². The fourth-order valence-electron chi connectivity index (χ4n) is 2.60. The Morgan fingerprint density at radius 2 is 2.00 bits per heavy atom. The normalized spacial score (nSPS) is 13.5. The summed E-state index contributed by atoms with van der Waals surface area (Å²) in [6.07, 6.45) is 1.12. The first-order valence-electron chi connectivity index (χ1n) is 7.45. The standard InChI is InChI=1S/C17H18N2O3S/c18-16(20)9-12-1-3-14(4-2-12)22-11-17(21)19-7-5-15-13(10-19)6-8-23-15/h1-4,6,8H,5,7,9-11H2,(H2,18,20). The zero-order valence-corrected chi connectivity index (χ0v) is 13.5. The van der Waals surface area contributed by atoms with Crippen molar-refractivity contribution in [3.63, 3.8) is 0 Å². The van der Waals surface area contributed by atoms with Crippen LogP contribution in [0.1, 0.15) is 16.0 Å². The van der Waals surface area contributed by atoms with Gasteiger partial charge in [-0.05, 0) is 41.1 Å². The number of benzene rings is 1. The fourth-order valence-corrected chi connectivity index (χ4v) is 3.49. The molecule has 1 aromatic carbocycles. The number of rotatable bonds is 5. The molecule has 0 saturated heterocycles. The third-order valence-corrected chi connectivity index (χ3v) is 4.85. The molecule has 0 bridgehead atoms. The average molecular weight is 330 g/mol. The molecular formula is C17H18N2O3S. The van der Waals surface area contributed by atoms with E-state index in [1.807, 2.05) is 4.90 Å². The molecule has 0 atom stereocenters. The van der Waals surface area contributed by atoms with Crippen molar-refractivity contribution in [3.05, 3.63) is 51.7 Å². The maximum absolute atomic E-state index is 12.3. The van der Waals surface area contributed by atoms with Gasteiger partial charge in [-0.2, -0.15) is 0 Å². The number of nitrogens with zero attached hydrogens (tertiary/aromatic N) is 1. The van der Waals surface area contributed by atoms with E-state index in [9.17, 15) is 9.59 Å². The van der Waals surface area contributed by atoms with Gasteiger partial charge in [0.1, 0.15) is 5.75 Å². The summed E-state index contributed by atoms with van der Waals surface area (Å²) >= 11 is 1.75. The predicted molar refractivity (Wildman–Crippen MR) is 88.3 cm³/mol. The van der Waals surface area contributed by atoms with Crippen LogP contribution in [0.3, 0.4) is 0 Å². The van der Waals surface area contributed by atoms with E-state index in [2.05, 4.69) is 11.4 Å². The van der Waals surface area contributed by atoms with Crippen LogP contribution in [0.15, 0.2) is 35.7 Å². The molecule has 0 unspecified atom stereocenters.